The Morgan fingerprint density at radius 2 is 1.79 bits per heavy atom. The number of anilines is 1. The van der Waals surface area contributed by atoms with E-state index in [0.717, 1.165) is 10.9 Å². The molecule has 1 aromatic heterocycles. The number of pyridine rings is 1. The molecular formula is C20H20ClN3O3S. The number of carbonyl (C=O) groups excluding carboxylic acids is 1. The van der Waals surface area contributed by atoms with E-state index in [1.165, 1.54) is 18.2 Å². The second-order valence-electron chi connectivity index (χ2n) is 7.37. The molecule has 0 fully saturated rings. The van der Waals surface area contributed by atoms with Crippen molar-refractivity contribution >= 4 is 44.1 Å². The Hall–Kier alpha value is -2.48. The maximum absolute atomic E-state index is 12.6. The summed E-state index contributed by atoms with van der Waals surface area (Å²) >= 11 is 6.08. The van der Waals surface area contributed by atoms with Crippen molar-refractivity contribution in [3.63, 3.8) is 0 Å². The molecule has 0 atom stereocenters. The van der Waals surface area contributed by atoms with Gasteiger partial charge in [0.05, 0.1) is 22.4 Å². The van der Waals surface area contributed by atoms with E-state index in [0.29, 0.717) is 5.69 Å². The van der Waals surface area contributed by atoms with E-state index in [2.05, 4.69) is 15.0 Å². The molecule has 0 spiro atoms. The number of hydrogen-bond donors (Lipinski definition) is 2. The molecule has 0 aliphatic carbocycles. The molecule has 2 aromatic carbocycles. The molecule has 28 heavy (non-hydrogen) atoms. The molecular weight excluding hydrogens is 398 g/mol. The Labute approximate surface area is 169 Å². The zero-order valence-corrected chi connectivity index (χ0v) is 17.2. The SMILES string of the molecule is CC(C)(C)NS(=O)(=O)c1cc(C(=O)Nc2cnc3ccccc3c2)ccc1Cl. The first kappa shape index (κ1) is 20.3. The van der Waals surface area contributed by atoms with Crippen molar-refractivity contribution in [2.75, 3.05) is 5.32 Å². The van der Waals surface area contributed by atoms with Crippen LogP contribution in [0.2, 0.25) is 5.02 Å². The minimum atomic E-state index is -3.88. The van der Waals surface area contributed by atoms with Gasteiger partial charge in [-0.05, 0) is 51.1 Å². The van der Waals surface area contributed by atoms with Crippen LogP contribution in [0.5, 0.6) is 0 Å². The van der Waals surface area contributed by atoms with Crippen LogP contribution < -0.4 is 10.0 Å². The van der Waals surface area contributed by atoms with E-state index < -0.39 is 21.5 Å². The van der Waals surface area contributed by atoms with Gasteiger partial charge in [0, 0.05) is 16.5 Å². The predicted molar refractivity (Wildman–Crippen MR) is 111 cm³/mol. The van der Waals surface area contributed by atoms with Gasteiger partial charge in [-0.15, -0.1) is 0 Å². The summed E-state index contributed by atoms with van der Waals surface area (Å²) in [6, 6.07) is 13.5. The fourth-order valence-electron chi connectivity index (χ4n) is 2.65. The van der Waals surface area contributed by atoms with Gasteiger partial charge in [0.15, 0.2) is 0 Å². The molecule has 0 aliphatic heterocycles. The maximum Gasteiger partial charge on any atom is 0.255 e. The quantitative estimate of drug-likeness (QED) is 0.665. The van der Waals surface area contributed by atoms with Crippen molar-refractivity contribution in [3.05, 3.63) is 65.3 Å². The maximum atomic E-state index is 12.6. The summed E-state index contributed by atoms with van der Waals surface area (Å²) in [7, 11) is -3.88. The van der Waals surface area contributed by atoms with Crippen LogP contribution in [0, 0.1) is 0 Å². The Kier molecular flexibility index (Phi) is 5.43. The molecule has 146 valence electrons. The number of carbonyl (C=O) groups is 1. The van der Waals surface area contributed by atoms with Gasteiger partial charge in [0.25, 0.3) is 5.91 Å². The molecule has 0 radical (unpaired) electrons. The van der Waals surface area contributed by atoms with E-state index in [-0.39, 0.29) is 15.5 Å². The van der Waals surface area contributed by atoms with E-state index in [1.54, 1.807) is 33.0 Å². The highest BCUT2D eigenvalue weighted by atomic mass is 35.5. The number of nitrogens with one attached hydrogen (secondary N) is 2. The lowest BCUT2D eigenvalue weighted by Gasteiger charge is -2.21. The molecule has 3 aromatic rings. The fourth-order valence-corrected chi connectivity index (χ4v) is 4.60. The first-order chi connectivity index (χ1) is 13.0. The number of aromatic nitrogens is 1. The largest absolute Gasteiger partial charge is 0.321 e. The Balaban J connectivity index is 1.89. The lowest BCUT2D eigenvalue weighted by Crippen LogP contribution is -2.40. The molecule has 0 bridgehead atoms. The monoisotopic (exact) mass is 417 g/mol. The van der Waals surface area contributed by atoms with Gasteiger partial charge in [-0.3, -0.25) is 9.78 Å². The van der Waals surface area contributed by atoms with Crippen LogP contribution in [0.25, 0.3) is 10.9 Å². The van der Waals surface area contributed by atoms with Gasteiger partial charge >= 0.3 is 0 Å². The molecule has 3 rings (SSSR count). The molecule has 0 aliphatic rings. The Morgan fingerprint density at radius 3 is 2.50 bits per heavy atom. The Morgan fingerprint density at radius 1 is 1.07 bits per heavy atom. The number of para-hydroxylation sites is 1. The molecule has 2 N–H and O–H groups in total. The summed E-state index contributed by atoms with van der Waals surface area (Å²) in [5.74, 6) is -0.457. The summed E-state index contributed by atoms with van der Waals surface area (Å²) in [6.45, 7) is 5.17. The predicted octanol–water partition coefficient (Wildman–Crippen LogP) is 4.22. The number of halogens is 1. The lowest BCUT2D eigenvalue weighted by atomic mass is 10.1. The standard InChI is InChI=1S/C20H20ClN3O3S/c1-20(2,3)24-28(26,27)18-11-14(8-9-16(18)21)19(25)23-15-10-13-6-4-5-7-17(13)22-12-15/h4-12,24H,1-3H3,(H,23,25). The summed E-state index contributed by atoms with van der Waals surface area (Å²) in [6.07, 6.45) is 1.55. The highest BCUT2D eigenvalue weighted by Crippen LogP contribution is 2.25. The van der Waals surface area contributed by atoms with Crippen LogP contribution in [0.4, 0.5) is 5.69 Å². The van der Waals surface area contributed by atoms with Gasteiger partial charge in [0.1, 0.15) is 4.90 Å². The highest BCUT2D eigenvalue weighted by Gasteiger charge is 2.25. The van der Waals surface area contributed by atoms with Gasteiger partial charge in [-0.25, -0.2) is 13.1 Å². The topological polar surface area (TPSA) is 88.2 Å². The minimum Gasteiger partial charge on any atom is -0.321 e. The number of fused-ring (bicyclic) bond motifs is 1. The first-order valence-electron chi connectivity index (χ1n) is 8.55. The van der Waals surface area contributed by atoms with Crippen LogP contribution >= 0.6 is 11.6 Å². The van der Waals surface area contributed by atoms with Crippen molar-refractivity contribution in [2.24, 2.45) is 0 Å². The van der Waals surface area contributed by atoms with E-state index in [4.69, 9.17) is 11.6 Å². The average Bonchev–Trinajstić information content (AvgIpc) is 2.59. The number of amides is 1. The van der Waals surface area contributed by atoms with Crippen molar-refractivity contribution in [3.8, 4) is 0 Å². The third-order valence-electron chi connectivity index (χ3n) is 3.77. The molecule has 0 unspecified atom stereocenters. The van der Waals surface area contributed by atoms with Gasteiger partial charge in [-0.1, -0.05) is 29.8 Å². The van der Waals surface area contributed by atoms with Gasteiger partial charge in [-0.2, -0.15) is 0 Å². The lowest BCUT2D eigenvalue weighted by molar-refractivity contribution is 0.102. The molecule has 8 heteroatoms. The first-order valence-corrected chi connectivity index (χ1v) is 10.4. The zero-order valence-electron chi connectivity index (χ0n) is 15.7. The van der Waals surface area contributed by atoms with Gasteiger partial charge < -0.3 is 5.32 Å². The number of hydrogen-bond acceptors (Lipinski definition) is 4. The van der Waals surface area contributed by atoms with Crippen molar-refractivity contribution in [2.45, 2.75) is 31.2 Å². The summed E-state index contributed by atoms with van der Waals surface area (Å²) < 4.78 is 27.8. The zero-order chi connectivity index (χ0) is 20.5. The van der Waals surface area contributed by atoms with Crippen LogP contribution in [0.1, 0.15) is 31.1 Å². The number of benzene rings is 2. The third kappa shape index (κ3) is 4.67. The molecule has 0 saturated heterocycles. The normalized spacial score (nSPS) is 12.1. The molecule has 1 heterocycles. The third-order valence-corrected chi connectivity index (χ3v) is 6.01. The minimum absolute atomic E-state index is 0.0423. The van der Waals surface area contributed by atoms with Crippen molar-refractivity contribution < 1.29 is 13.2 Å². The number of nitrogens with zero attached hydrogens (tertiary/aromatic N) is 1. The van der Waals surface area contributed by atoms with E-state index in [9.17, 15) is 13.2 Å². The molecule has 1 amide bonds. The highest BCUT2D eigenvalue weighted by molar-refractivity contribution is 7.89. The van der Waals surface area contributed by atoms with Crippen LogP contribution in [0.15, 0.2) is 59.6 Å². The fraction of sp³-hybridized carbons (Fsp3) is 0.200. The second-order valence-corrected chi connectivity index (χ2v) is 9.43. The average molecular weight is 418 g/mol. The second kappa shape index (κ2) is 7.50. The number of rotatable bonds is 4. The summed E-state index contributed by atoms with van der Waals surface area (Å²) in [5, 5.41) is 3.66. The van der Waals surface area contributed by atoms with E-state index in [1.807, 2.05) is 24.3 Å². The van der Waals surface area contributed by atoms with E-state index >= 15 is 0 Å². The van der Waals surface area contributed by atoms with Gasteiger partial charge in [0.2, 0.25) is 10.0 Å². The van der Waals surface area contributed by atoms with Crippen LogP contribution in [-0.2, 0) is 10.0 Å². The molecule has 6 nitrogen and oxygen atoms in total. The van der Waals surface area contributed by atoms with Crippen LogP contribution in [-0.4, -0.2) is 24.8 Å². The van der Waals surface area contributed by atoms with Crippen LogP contribution in [0.3, 0.4) is 0 Å². The summed E-state index contributed by atoms with van der Waals surface area (Å²) in [4.78, 5) is 16.8. The van der Waals surface area contributed by atoms with Crippen molar-refractivity contribution in [1.29, 1.82) is 0 Å². The van der Waals surface area contributed by atoms with Crippen molar-refractivity contribution in [1.82, 2.24) is 9.71 Å². The number of sulfonamides is 1. The summed E-state index contributed by atoms with van der Waals surface area (Å²) in [5.41, 5.74) is 0.813. The smallest absolute Gasteiger partial charge is 0.255 e. The Bertz CT molecular complexity index is 1150. The molecule has 0 saturated carbocycles.